The fourth-order valence-electron chi connectivity index (χ4n) is 6.42. The largest absolute Gasteiger partial charge is 0.444 e. The van der Waals surface area contributed by atoms with Crippen LogP contribution in [0.3, 0.4) is 0 Å². The summed E-state index contributed by atoms with van der Waals surface area (Å²) in [6.45, 7) is 6.25. The molecule has 0 saturated carbocycles. The zero-order valence-corrected chi connectivity index (χ0v) is 31.0. The van der Waals surface area contributed by atoms with Crippen molar-refractivity contribution in [2.75, 3.05) is 36.1 Å². The van der Waals surface area contributed by atoms with Crippen molar-refractivity contribution in [3.63, 3.8) is 0 Å². The summed E-state index contributed by atoms with van der Waals surface area (Å²) in [5.74, 6) is -5.12. The molecule has 4 heterocycles. The first-order valence-electron chi connectivity index (χ1n) is 17.0. The molecule has 0 unspecified atom stereocenters. The number of alkyl halides is 5. The molecule has 3 amide bonds. The maximum atomic E-state index is 14.6. The van der Waals surface area contributed by atoms with Crippen molar-refractivity contribution in [2.24, 2.45) is 11.4 Å². The molecule has 0 spiro atoms. The molecule has 0 radical (unpaired) electrons. The van der Waals surface area contributed by atoms with E-state index in [1.54, 1.807) is 20.8 Å². The Labute approximate surface area is 304 Å². The van der Waals surface area contributed by atoms with Gasteiger partial charge in [-0.2, -0.15) is 22.6 Å². The number of hydrogen-bond acceptors (Lipinski definition) is 8. The lowest BCUT2D eigenvalue weighted by Crippen LogP contribution is -2.43. The van der Waals surface area contributed by atoms with Gasteiger partial charge >= 0.3 is 12.3 Å². The highest BCUT2D eigenvalue weighted by atomic mass is 32.2. The van der Waals surface area contributed by atoms with Crippen LogP contribution in [0.1, 0.15) is 74.5 Å². The van der Waals surface area contributed by atoms with Crippen LogP contribution in [0.15, 0.2) is 45.9 Å². The van der Waals surface area contributed by atoms with Gasteiger partial charge in [-0.3, -0.25) is 19.2 Å². The average Bonchev–Trinajstić information content (AvgIpc) is 3.66. The fraction of sp³-hybridized carbons (Fsp3) is 0.514. The van der Waals surface area contributed by atoms with Gasteiger partial charge in [-0.05, 0) is 70.7 Å². The Morgan fingerprint density at radius 2 is 1.79 bits per heavy atom. The maximum absolute atomic E-state index is 14.6. The number of carbonyl (C=O) groups is 3. The standard InChI is InChI=1S/C35H42F5N7O5S/c1-21-26(22-19-41-45(5)20-22)28(35(38,39)40)43-29(46-15-9-13-34(36,37)14-17-46)27(21)31(49)42-23-10-7-11-24(18-23)53(6,51)44-30(48)25-12-8-16-47(25)32(50)52-33(2,3)4/h7,10-11,18-20,25H,8-9,12-17H2,1-6H3,(H,42,49)/t25-,53+/m0/s1. The first kappa shape index (κ1) is 39.6. The van der Waals surface area contributed by atoms with E-state index in [0.29, 0.717) is 12.8 Å². The van der Waals surface area contributed by atoms with Crippen molar-refractivity contribution >= 4 is 39.1 Å². The molecule has 2 fully saturated rings. The Bertz CT molecular complexity index is 2040. The van der Waals surface area contributed by atoms with Crippen molar-refractivity contribution in [1.82, 2.24) is 19.7 Å². The molecule has 0 aliphatic carbocycles. The molecule has 12 nitrogen and oxygen atoms in total. The Kier molecular flexibility index (Phi) is 11.0. The van der Waals surface area contributed by atoms with Crippen LogP contribution in [0.25, 0.3) is 11.1 Å². The van der Waals surface area contributed by atoms with Gasteiger partial charge in [-0.15, -0.1) is 0 Å². The number of amides is 3. The van der Waals surface area contributed by atoms with E-state index in [1.165, 1.54) is 71.4 Å². The summed E-state index contributed by atoms with van der Waals surface area (Å²) in [6.07, 6.45) is -2.24. The molecule has 53 heavy (non-hydrogen) atoms. The Hall–Kier alpha value is -4.61. The molecule has 288 valence electrons. The van der Waals surface area contributed by atoms with Gasteiger partial charge in [0.25, 0.3) is 11.8 Å². The number of nitrogens with zero attached hydrogens (tertiary/aromatic N) is 6. The first-order chi connectivity index (χ1) is 24.6. The Morgan fingerprint density at radius 3 is 2.43 bits per heavy atom. The smallest absolute Gasteiger partial charge is 0.434 e. The minimum Gasteiger partial charge on any atom is -0.444 e. The van der Waals surface area contributed by atoms with Crippen LogP contribution in [-0.2, 0) is 32.5 Å². The number of rotatable bonds is 6. The Balaban J connectivity index is 1.52. The zero-order valence-electron chi connectivity index (χ0n) is 30.2. The number of ether oxygens (including phenoxy) is 1. The average molecular weight is 768 g/mol. The molecule has 3 aromatic rings. The topological polar surface area (TPSA) is 139 Å². The summed E-state index contributed by atoms with van der Waals surface area (Å²) in [4.78, 5) is 46.7. The van der Waals surface area contributed by atoms with Crippen LogP contribution < -0.4 is 10.2 Å². The van der Waals surface area contributed by atoms with Gasteiger partial charge in [0.15, 0.2) is 5.69 Å². The van der Waals surface area contributed by atoms with Crippen molar-refractivity contribution in [2.45, 2.75) is 88.4 Å². The Morgan fingerprint density at radius 1 is 1.08 bits per heavy atom. The number of benzene rings is 1. The summed E-state index contributed by atoms with van der Waals surface area (Å²) in [6, 6.07) is 4.67. The number of aryl methyl sites for hydroxylation is 1. The van der Waals surface area contributed by atoms with E-state index in [2.05, 4.69) is 19.8 Å². The van der Waals surface area contributed by atoms with E-state index in [0.717, 1.165) is 0 Å². The number of anilines is 2. The van der Waals surface area contributed by atoms with Gasteiger partial charge in [0.05, 0.1) is 21.5 Å². The third-order valence-corrected chi connectivity index (χ3v) is 10.6. The number of aromatic nitrogens is 3. The molecular formula is C35H42F5N7O5S. The van der Waals surface area contributed by atoms with Crippen molar-refractivity contribution < 1.29 is 45.3 Å². The lowest BCUT2D eigenvalue weighted by atomic mass is 9.95. The summed E-state index contributed by atoms with van der Waals surface area (Å²) in [7, 11) is -1.93. The SMILES string of the molecule is Cc1c(C(=O)Nc2cccc([S@@](C)(=O)=NC(=O)[C@@H]3CCCN3C(=O)OC(C)(C)C)c2)c(N2CCCC(F)(F)CC2)nc(C(F)(F)F)c1-c1cnn(C)c1. The van der Waals surface area contributed by atoms with E-state index < -0.39 is 81.3 Å². The maximum Gasteiger partial charge on any atom is 0.434 e. The van der Waals surface area contributed by atoms with Gasteiger partial charge in [0, 0.05) is 73.7 Å². The van der Waals surface area contributed by atoms with Crippen LogP contribution in [0.5, 0.6) is 0 Å². The number of hydrogen-bond donors (Lipinski definition) is 1. The van der Waals surface area contributed by atoms with Gasteiger partial charge in [0.2, 0.25) is 5.92 Å². The molecule has 1 N–H and O–H groups in total. The summed E-state index contributed by atoms with van der Waals surface area (Å²) < 4.78 is 97.1. The molecule has 5 rings (SSSR count). The van der Waals surface area contributed by atoms with Gasteiger partial charge in [0.1, 0.15) is 17.5 Å². The van der Waals surface area contributed by atoms with Gasteiger partial charge in [-0.1, -0.05) is 6.07 Å². The quantitative estimate of drug-likeness (QED) is 0.263. The summed E-state index contributed by atoms with van der Waals surface area (Å²) in [5.41, 5.74) is -2.76. The highest BCUT2D eigenvalue weighted by Crippen LogP contribution is 2.42. The van der Waals surface area contributed by atoms with Gasteiger partial charge in [-0.25, -0.2) is 22.8 Å². The molecule has 2 aliphatic heterocycles. The van der Waals surface area contributed by atoms with Crippen LogP contribution in [0.4, 0.5) is 38.3 Å². The monoisotopic (exact) mass is 767 g/mol. The predicted molar refractivity (Wildman–Crippen MR) is 187 cm³/mol. The van der Waals surface area contributed by atoms with E-state index in [1.807, 2.05) is 0 Å². The van der Waals surface area contributed by atoms with Crippen LogP contribution in [0.2, 0.25) is 0 Å². The fourth-order valence-corrected chi connectivity index (χ4v) is 7.67. The predicted octanol–water partition coefficient (Wildman–Crippen LogP) is 7.07. The molecule has 2 aliphatic rings. The highest BCUT2D eigenvalue weighted by Gasteiger charge is 2.41. The van der Waals surface area contributed by atoms with Crippen molar-refractivity contribution in [1.29, 1.82) is 0 Å². The number of carbonyl (C=O) groups excluding carboxylic acids is 3. The van der Waals surface area contributed by atoms with E-state index in [4.69, 9.17) is 4.74 Å². The van der Waals surface area contributed by atoms with E-state index in [9.17, 15) is 40.5 Å². The molecule has 18 heteroatoms. The van der Waals surface area contributed by atoms with E-state index in [-0.39, 0.29) is 53.3 Å². The molecule has 2 saturated heterocycles. The van der Waals surface area contributed by atoms with E-state index >= 15 is 0 Å². The second-order valence-electron chi connectivity index (χ2n) is 14.3. The molecule has 2 atom stereocenters. The third kappa shape index (κ3) is 9.13. The molecule has 2 aromatic heterocycles. The van der Waals surface area contributed by atoms with Crippen LogP contribution in [0, 0.1) is 6.92 Å². The summed E-state index contributed by atoms with van der Waals surface area (Å²) >= 11 is 0. The zero-order chi connectivity index (χ0) is 39.1. The number of likely N-dealkylation sites (tertiary alicyclic amines) is 1. The van der Waals surface area contributed by atoms with Crippen molar-refractivity contribution in [3.8, 4) is 11.1 Å². The highest BCUT2D eigenvalue weighted by molar-refractivity contribution is 7.93. The second kappa shape index (κ2) is 14.7. The lowest BCUT2D eigenvalue weighted by Gasteiger charge is -2.28. The van der Waals surface area contributed by atoms with Crippen LogP contribution >= 0.6 is 0 Å². The summed E-state index contributed by atoms with van der Waals surface area (Å²) in [5, 5.41) is 6.63. The lowest BCUT2D eigenvalue weighted by molar-refractivity contribution is -0.140. The normalized spacial score (nSPS) is 19.0. The van der Waals surface area contributed by atoms with Crippen molar-refractivity contribution in [3.05, 3.63) is 53.5 Å². The number of pyridine rings is 1. The molecular weight excluding hydrogens is 725 g/mol. The molecule has 1 aromatic carbocycles. The minimum absolute atomic E-state index is 0.0410. The first-order valence-corrected chi connectivity index (χ1v) is 18.9. The van der Waals surface area contributed by atoms with Crippen LogP contribution in [-0.4, -0.2) is 85.2 Å². The van der Waals surface area contributed by atoms with Gasteiger partial charge < -0.3 is 15.0 Å². The molecule has 0 bridgehead atoms. The number of halogens is 5. The minimum atomic E-state index is -4.98. The number of nitrogens with one attached hydrogen (secondary N) is 1. The third-order valence-electron chi connectivity index (χ3n) is 8.89. The second-order valence-corrected chi connectivity index (χ2v) is 16.6.